The SMILES string of the molecule is COc1ccc(CN(C(=O)CCc2ccccc2)[C@@H](C(=O)NCCC2=CCCCC2)c2ccccc2)cc1. The highest BCUT2D eigenvalue weighted by atomic mass is 16.5. The number of carbonyl (C=O) groups excluding carboxylic acids is 2. The van der Waals surface area contributed by atoms with Gasteiger partial charge in [0.05, 0.1) is 7.11 Å². The summed E-state index contributed by atoms with van der Waals surface area (Å²) in [5.74, 6) is 0.558. The first kappa shape index (κ1) is 27.2. The summed E-state index contributed by atoms with van der Waals surface area (Å²) in [5.41, 5.74) is 4.27. The van der Waals surface area contributed by atoms with Crippen LogP contribution in [0.5, 0.6) is 5.75 Å². The average Bonchev–Trinajstić information content (AvgIpc) is 2.97. The Kier molecular flexibility index (Phi) is 10.1. The van der Waals surface area contributed by atoms with Crippen molar-refractivity contribution in [2.45, 2.75) is 57.5 Å². The van der Waals surface area contributed by atoms with E-state index in [4.69, 9.17) is 4.74 Å². The highest BCUT2D eigenvalue weighted by Crippen LogP contribution is 2.26. The van der Waals surface area contributed by atoms with Gasteiger partial charge in [-0.3, -0.25) is 9.59 Å². The van der Waals surface area contributed by atoms with Crippen molar-refractivity contribution in [3.63, 3.8) is 0 Å². The maximum absolute atomic E-state index is 13.8. The Morgan fingerprint density at radius 2 is 1.58 bits per heavy atom. The Morgan fingerprint density at radius 1 is 0.868 bits per heavy atom. The number of hydrogen-bond acceptors (Lipinski definition) is 3. The van der Waals surface area contributed by atoms with Gasteiger partial charge in [0, 0.05) is 19.5 Å². The first-order valence-corrected chi connectivity index (χ1v) is 13.6. The summed E-state index contributed by atoms with van der Waals surface area (Å²) in [5, 5.41) is 3.15. The van der Waals surface area contributed by atoms with E-state index in [1.165, 1.54) is 18.4 Å². The normalized spacial score (nSPS) is 13.8. The summed E-state index contributed by atoms with van der Waals surface area (Å²) >= 11 is 0. The molecule has 0 saturated heterocycles. The van der Waals surface area contributed by atoms with E-state index in [0.29, 0.717) is 25.9 Å². The van der Waals surface area contributed by atoms with Gasteiger partial charge in [0.1, 0.15) is 11.8 Å². The molecule has 0 aliphatic heterocycles. The molecule has 4 rings (SSSR count). The van der Waals surface area contributed by atoms with Crippen LogP contribution in [-0.4, -0.2) is 30.4 Å². The van der Waals surface area contributed by atoms with Crippen molar-refractivity contribution in [3.8, 4) is 5.75 Å². The molecule has 5 nitrogen and oxygen atoms in total. The fourth-order valence-corrected chi connectivity index (χ4v) is 4.97. The zero-order valence-corrected chi connectivity index (χ0v) is 22.3. The molecule has 3 aromatic rings. The second-order valence-corrected chi connectivity index (χ2v) is 9.82. The number of amides is 2. The molecule has 0 bridgehead atoms. The van der Waals surface area contributed by atoms with Crippen molar-refractivity contribution in [2.75, 3.05) is 13.7 Å². The lowest BCUT2D eigenvalue weighted by Gasteiger charge is -2.32. The zero-order valence-electron chi connectivity index (χ0n) is 22.3. The van der Waals surface area contributed by atoms with Gasteiger partial charge in [0.2, 0.25) is 11.8 Å². The first-order chi connectivity index (χ1) is 18.6. The van der Waals surface area contributed by atoms with Crippen LogP contribution in [0.15, 0.2) is 96.6 Å². The van der Waals surface area contributed by atoms with Gasteiger partial charge in [0.25, 0.3) is 0 Å². The van der Waals surface area contributed by atoms with Crippen LogP contribution in [0, 0.1) is 0 Å². The maximum Gasteiger partial charge on any atom is 0.247 e. The van der Waals surface area contributed by atoms with Crippen molar-refractivity contribution in [2.24, 2.45) is 0 Å². The zero-order chi connectivity index (χ0) is 26.6. The number of allylic oxidation sites excluding steroid dienone is 1. The number of carbonyl (C=O) groups is 2. The van der Waals surface area contributed by atoms with Gasteiger partial charge in [0.15, 0.2) is 0 Å². The number of rotatable bonds is 12. The molecule has 1 aliphatic rings. The van der Waals surface area contributed by atoms with Crippen molar-refractivity contribution in [3.05, 3.63) is 113 Å². The number of methoxy groups -OCH3 is 1. The van der Waals surface area contributed by atoms with Crippen LogP contribution in [0.1, 0.15) is 61.3 Å². The minimum atomic E-state index is -0.720. The van der Waals surface area contributed by atoms with Crippen LogP contribution in [0.3, 0.4) is 0 Å². The molecular formula is C33H38N2O3. The number of hydrogen-bond donors (Lipinski definition) is 1. The standard InChI is InChI=1S/C33H38N2O3/c1-38-30-20-17-28(18-21-30)25-35(31(36)22-19-26-11-5-2-6-12-26)32(29-15-9-4-10-16-29)33(37)34-24-23-27-13-7-3-8-14-27/h2,4-6,9-13,15-18,20-21,32H,3,7-8,14,19,22-25H2,1H3,(H,34,37)/t32-/m1/s1. The minimum Gasteiger partial charge on any atom is -0.497 e. The molecule has 0 saturated carbocycles. The van der Waals surface area contributed by atoms with E-state index in [1.807, 2.05) is 84.9 Å². The molecule has 1 aliphatic carbocycles. The van der Waals surface area contributed by atoms with Gasteiger partial charge in [-0.1, -0.05) is 84.4 Å². The predicted molar refractivity (Wildman–Crippen MR) is 152 cm³/mol. The van der Waals surface area contributed by atoms with Crippen LogP contribution in [0.2, 0.25) is 0 Å². The van der Waals surface area contributed by atoms with E-state index < -0.39 is 6.04 Å². The molecule has 38 heavy (non-hydrogen) atoms. The monoisotopic (exact) mass is 510 g/mol. The molecular weight excluding hydrogens is 472 g/mol. The molecule has 5 heteroatoms. The summed E-state index contributed by atoms with van der Waals surface area (Å²) in [7, 11) is 1.63. The summed E-state index contributed by atoms with van der Waals surface area (Å²) in [6.45, 7) is 0.901. The van der Waals surface area contributed by atoms with Crippen LogP contribution >= 0.6 is 0 Å². The summed E-state index contributed by atoms with van der Waals surface area (Å²) in [4.78, 5) is 29.3. The fraction of sp³-hybridized carbons (Fsp3) is 0.333. The largest absolute Gasteiger partial charge is 0.497 e. The fourth-order valence-electron chi connectivity index (χ4n) is 4.97. The Morgan fingerprint density at radius 3 is 2.24 bits per heavy atom. The van der Waals surface area contributed by atoms with Crippen molar-refractivity contribution in [1.82, 2.24) is 10.2 Å². The number of benzene rings is 3. The van der Waals surface area contributed by atoms with E-state index >= 15 is 0 Å². The molecule has 0 aromatic heterocycles. The van der Waals surface area contributed by atoms with Gasteiger partial charge in [-0.25, -0.2) is 0 Å². The summed E-state index contributed by atoms with van der Waals surface area (Å²) in [6, 6.07) is 26.6. The second-order valence-electron chi connectivity index (χ2n) is 9.82. The van der Waals surface area contributed by atoms with E-state index in [2.05, 4.69) is 11.4 Å². The Balaban J connectivity index is 1.57. The molecule has 0 radical (unpaired) electrons. The van der Waals surface area contributed by atoms with Gasteiger partial charge in [-0.05, 0) is 67.3 Å². The molecule has 0 heterocycles. The van der Waals surface area contributed by atoms with Crippen LogP contribution in [0.25, 0.3) is 0 Å². The number of ether oxygens (including phenoxy) is 1. The lowest BCUT2D eigenvalue weighted by atomic mass is 9.97. The van der Waals surface area contributed by atoms with Crippen molar-refractivity contribution in [1.29, 1.82) is 0 Å². The topological polar surface area (TPSA) is 58.6 Å². The molecule has 1 N–H and O–H groups in total. The van der Waals surface area contributed by atoms with Crippen LogP contribution in [0.4, 0.5) is 0 Å². The van der Waals surface area contributed by atoms with Gasteiger partial charge >= 0.3 is 0 Å². The molecule has 1 atom stereocenters. The van der Waals surface area contributed by atoms with Gasteiger partial charge < -0.3 is 15.0 Å². The smallest absolute Gasteiger partial charge is 0.247 e. The predicted octanol–water partition coefficient (Wildman–Crippen LogP) is 6.40. The van der Waals surface area contributed by atoms with Gasteiger partial charge in [-0.2, -0.15) is 0 Å². The van der Waals surface area contributed by atoms with Crippen molar-refractivity contribution >= 4 is 11.8 Å². The van der Waals surface area contributed by atoms with Crippen LogP contribution < -0.4 is 10.1 Å². The van der Waals surface area contributed by atoms with Gasteiger partial charge in [-0.15, -0.1) is 0 Å². The third-order valence-electron chi connectivity index (χ3n) is 7.11. The third kappa shape index (κ3) is 7.82. The molecule has 0 unspecified atom stereocenters. The number of aryl methyl sites for hydroxylation is 1. The quantitative estimate of drug-likeness (QED) is 0.287. The minimum absolute atomic E-state index is 0.0522. The second kappa shape index (κ2) is 14.2. The van der Waals surface area contributed by atoms with E-state index in [9.17, 15) is 9.59 Å². The Hall–Kier alpha value is -3.86. The van der Waals surface area contributed by atoms with E-state index in [0.717, 1.165) is 41.7 Å². The van der Waals surface area contributed by atoms with E-state index in [-0.39, 0.29) is 11.8 Å². The first-order valence-electron chi connectivity index (χ1n) is 13.6. The highest BCUT2D eigenvalue weighted by Gasteiger charge is 2.31. The third-order valence-corrected chi connectivity index (χ3v) is 7.11. The lowest BCUT2D eigenvalue weighted by molar-refractivity contribution is -0.141. The highest BCUT2D eigenvalue weighted by molar-refractivity contribution is 5.88. The Bertz CT molecular complexity index is 1190. The molecule has 198 valence electrons. The van der Waals surface area contributed by atoms with Crippen molar-refractivity contribution < 1.29 is 14.3 Å². The summed E-state index contributed by atoms with van der Waals surface area (Å²) in [6.07, 6.45) is 8.82. The molecule has 3 aromatic carbocycles. The Labute approximate surface area is 226 Å². The number of nitrogens with zero attached hydrogens (tertiary/aromatic N) is 1. The maximum atomic E-state index is 13.8. The molecule has 0 fully saturated rings. The molecule has 0 spiro atoms. The average molecular weight is 511 g/mol. The molecule has 2 amide bonds. The summed E-state index contributed by atoms with van der Waals surface area (Å²) < 4.78 is 5.31. The lowest BCUT2D eigenvalue weighted by Crippen LogP contribution is -2.43. The van der Waals surface area contributed by atoms with Crippen LogP contribution in [-0.2, 0) is 22.6 Å². The van der Waals surface area contributed by atoms with E-state index in [1.54, 1.807) is 12.0 Å². The number of nitrogens with one attached hydrogen (secondary N) is 1.